The molecule has 0 radical (unpaired) electrons. The predicted octanol–water partition coefficient (Wildman–Crippen LogP) is 2.04. The molecule has 1 aromatic heterocycles. The summed E-state index contributed by atoms with van der Waals surface area (Å²) >= 11 is 5.63. The fourth-order valence-corrected chi connectivity index (χ4v) is 1.33. The molecule has 1 rings (SSSR count). The number of carboxylic acids is 1. The molecule has 0 saturated carbocycles. The molecular formula is C10H14ClN3O2. The van der Waals surface area contributed by atoms with Crippen LogP contribution in [0, 0.1) is 5.92 Å². The van der Waals surface area contributed by atoms with Crippen molar-refractivity contribution >= 4 is 23.5 Å². The van der Waals surface area contributed by atoms with Crippen LogP contribution in [-0.4, -0.2) is 27.1 Å². The smallest absolute Gasteiger partial charge is 0.326 e. The molecule has 6 heteroatoms. The van der Waals surface area contributed by atoms with Gasteiger partial charge in [0.2, 0.25) is 5.95 Å². The average molecular weight is 244 g/mol. The molecule has 0 spiro atoms. The molecule has 0 amide bonds. The van der Waals surface area contributed by atoms with Crippen LogP contribution < -0.4 is 5.32 Å². The number of carbonyl (C=O) groups is 1. The van der Waals surface area contributed by atoms with E-state index in [2.05, 4.69) is 15.3 Å². The second-order valence-corrected chi connectivity index (χ2v) is 4.33. The van der Waals surface area contributed by atoms with Crippen molar-refractivity contribution in [1.29, 1.82) is 0 Å². The Labute approximate surface area is 98.9 Å². The maximum Gasteiger partial charge on any atom is 0.326 e. The number of carboxylic acid groups (broad SMARTS) is 1. The van der Waals surface area contributed by atoms with E-state index >= 15 is 0 Å². The highest BCUT2D eigenvalue weighted by Crippen LogP contribution is 2.11. The summed E-state index contributed by atoms with van der Waals surface area (Å²) in [4.78, 5) is 18.7. The van der Waals surface area contributed by atoms with Crippen molar-refractivity contribution in [3.63, 3.8) is 0 Å². The molecule has 0 aliphatic carbocycles. The summed E-state index contributed by atoms with van der Waals surface area (Å²) in [6, 6.07) is -0.679. The molecule has 1 atom stereocenters. The molecule has 16 heavy (non-hydrogen) atoms. The Hall–Kier alpha value is -1.36. The number of aliphatic carboxylic acids is 1. The summed E-state index contributed by atoms with van der Waals surface area (Å²) in [7, 11) is 0. The largest absolute Gasteiger partial charge is 0.480 e. The maximum absolute atomic E-state index is 11.0. The van der Waals surface area contributed by atoms with E-state index < -0.39 is 12.0 Å². The molecule has 1 aromatic rings. The standard InChI is InChI=1S/C10H14ClN3O2/c1-6(2)3-8(9(15)16)14-10-12-4-7(11)5-13-10/h4-6,8H,3H2,1-2H3,(H,15,16)(H,12,13,14). The van der Waals surface area contributed by atoms with E-state index in [4.69, 9.17) is 16.7 Å². The third-order valence-corrected chi connectivity index (χ3v) is 2.12. The monoisotopic (exact) mass is 243 g/mol. The van der Waals surface area contributed by atoms with Gasteiger partial charge < -0.3 is 10.4 Å². The van der Waals surface area contributed by atoms with Crippen molar-refractivity contribution in [2.24, 2.45) is 5.92 Å². The Morgan fingerprint density at radius 3 is 2.50 bits per heavy atom. The van der Waals surface area contributed by atoms with E-state index in [1.54, 1.807) is 0 Å². The lowest BCUT2D eigenvalue weighted by Crippen LogP contribution is -2.31. The first-order valence-electron chi connectivity index (χ1n) is 4.96. The van der Waals surface area contributed by atoms with Crippen molar-refractivity contribution in [2.75, 3.05) is 5.32 Å². The number of rotatable bonds is 5. The third-order valence-electron chi connectivity index (χ3n) is 1.93. The fraction of sp³-hybridized carbons (Fsp3) is 0.500. The minimum atomic E-state index is -0.910. The number of nitrogens with one attached hydrogen (secondary N) is 1. The number of hydrogen-bond donors (Lipinski definition) is 2. The first kappa shape index (κ1) is 12.7. The highest BCUT2D eigenvalue weighted by Gasteiger charge is 2.19. The number of anilines is 1. The zero-order chi connectivity index (χ0) is 12.1. The molecular weight excluding hydrogens is 230 g/mol. The van der Waals surface area contributed by atoms with Gasteiger partial charge in [0.25, 0.3) is 0 Å². The molecule has 0 fully saturated rings. The molecule has 0 aliphatic rings. The second kappa shape index (κ2) is 5.65. The van der Waals surface area contributed by atoms with Crippen molar-refractivity contribution in [3.8, 4) is 0 Å². The topological polar surface area (TPSA) is 75.1 Å². The van der Waals surface area contributed by atoms with Crippen molar-refractivity contribution in [1.82, 2.24) is 9.97 Å². The number of aromatic nitrogens is 2. The summed E-state index contributed by atoms with van der Waals surface area (Å²) in [6.45, 7) is 3.92. The van der Waals surface area contributed by atoms with Gasteiger partial charge in [0.1, 0.15) is 6.04 Å². The van der Waals surface area contributed by atoms with Crippen LogP contribution in [0.2, 0.25) is 5.02 Å². The SMILES string of the molecule is CC(C)CC(Nc1ncc(Cl)cn1)C(=O)O. The van der Waals surface area contributed by atoms with Crippen LogP contribution in [0.4, 0.5) is 5.95 Å². The van der Waals surface area contributed by atoms with Gasteiger partial charge in [-0.05, 0) is 12.3 Å². The Morgan fingerprint density at radius 1 is 1.50 bits per heavy atom. The summed E-state index contributed by atoms with van der Waals surface area (Å²) in [5.41, 5.74) is 0. The van der Waals surface area contributed by atoms with Crippen LogP contribution in [0.3, 0.4) is 0 Å². The zero-order valence-electron chi connectivity index (χ0n) is 9.14. The summed E-state index contributed by atoms with van der Waals surface area (Å²) in [5.74, 6) is -0.356. The maximum atomic E-state index is 11.0. The minimum Gasteiger partial charge on any atom is -0.480 e. The molecule has 0 aromatic carbocycles. The lowest BCUT2D eigenvalue weighted by atomic mass is 10.0. The van der Waals surface area contributed by atoms with Gasteiger partial charge >= 0.3 is 5.97 Å². The number of nitrogens with zero attached hydrogens (tertiary/aromatic N) is 2. The molecule has 5 nitrogen and oxygen atoms in total. The van der Waals surface area contributed by atoms with Gasteiger partial charge in [0.15, 0.2) is 0 Å². The van der Waals surface area contributed by atoms with Gasteiger partial charge in [-0.15, -0.1) is 0 Å². The number of hydrogen-bond acceptors (Lipinski definition) is 4. The number of halogens is 1. The molecule has 2 N–H and O–H groups in total. The lowest BCUT2D eigenvalue weighted by molar-refractivity contribution is -0.138. The van der Waals surface area contributed by atoms with Gasteiger partial charge in [-0.3, -0.25) is 0 Å². The van der Waals surface area contributed by atoms with Crippen molar-refractivity contribution < 1.29 is 9.90 Å². The van der Waals surface area contributed by atoms with E-state index in [-0.39, 0.29) is 11.9 Å². The third kappa shape index (κ3) is 4.02. The molecule has 0 saturated heterocycles. The second-order valence-electron chi connectivity index (χ2n) is 3.89. The molecule has 0 aliphatic heterocycles. The summed E-state index contributed by atoms with van der Waals surface area (Å²) < 4.78 is 0. The van der Waals surface area contributed by atoms with E-state index in [9.17, 15) is 4.79 Å². The first-order chi connectivity index (χ1) is 7.49. The van der Waals surface area contributed by atoms with Gasteiger partial charge in [-0.1, -0.05) is 25.4 Å². The Bertz CT molecular complexity index is 354. The highest BCUT2D eigenvalue weighted by atomic mass is 35.5. The summed E-state index contributed by atoms with van der Waals surface area (Å²) in [6.07, 6.45) is 3.36. The lowest BCUT2D eigenvalue weighted by Gasteiger charge is -2.15. The van der Waals surface area contributed by atoms with Crippen molar-refractivity contribution in [3.05, 3.63) is 17.4 Å². The highest BCUT2D eigenvalue weighted by molar-refractivity contribution is 6.30. The van der Waals surface area contributed by atoms with E-state index in [1.165, 1.54) is 12.4 Å². The minimum absolute atomic E-state index is 0.275. The predicted molar refractivity (Wildman–Crippen MR) is 61.5 cm³/mol. The van der Waals surface area contributed by atoms with E-state index in [1.807, 2.05) is 13.8 Å². The van der Waals surface area contributed by atoms with Gasteiger partial charge in [0.05, 0.1) is 17.4 Å². The fourth-order valence-electron chi connectivity index (χ4n) is 1.24. The zero-order valence-corrected chi connectivity index (χ0v) is 9.90. The molecule has 1 heterocycles. The Morgan fingerprint density at radius 2 is 2.06 bits per heavy atom. The summed E-state index contributed by atoms with van der Waals surface area (Å²) in [5, 5.41) is 12.2. The van der Waals surface area contributed by atoms with E-state index in [0.717, 1.165) is 0 Å². The van der Waals surface area contributed by atoms with Gasteiger partial charge in [-0.25, -0.2) is 14.8 Å². The van der Waals surface area contributed by atoms with Crippen molar-refractivity contribution in [2.45, 2.75) is 26.3 Å². The Balaban J connectivity index is 2.68. The Kier molecular flexibility index (Phi) is 4.49. The van der Waals surface area contributed by atoms with Gasteiger partial charge in [0, 0.05) is 0 Å². The molecule has 0 bridgehead atoms. The van der Waals surface area contributed by atoms with Crippen LogP contribution in [0.1, 0.15) is 20.3 Å². The average Bonchev–Trinajstić information content (AvgIpc) is 2.19. The first-order valence-corrected chi connectivity index (χ1v) is 5.33. The molecule has 88 valence electrons. The van der Waals surface area contributed by atoms with Gasteiger partial charge in [-0.2, -0.15) is 0 Å². The normalized spacial score (nSPS) is 12.5. The van der Waals surface area contributed by atoms with Crippen LogP contribution in [0.15, 0.2) is 12.4 Å². The van der Waals surface area contributed by atoms with Crippen LogP contribution >= 0.6 is 11.6 Å². The molecule has 1 unspecified atom stereocenters. The van der Waals surface area contributed by atoms with Crippen LogP contribution in [0.25, 0.3) is 0 Å². The van der Waals surface area contributed by atoms with Crippen LogP contribution in [-0.2, 0) is 4.79 Å². The quantitative estimate of drug-likeness (QED) is 0.828. The van der Waals surface area contributed by atoms with E-state index in [0.29, 0.717) is 11.4 Å². The van der Waals surface area contributed by atoms with Crippen LogP contribution in [0.5, 0.6) is 0 Å².